The van der Waals surface area contributed by atoms with Crippen molar-refractivity contribution in [3.05, 3.63) is 39.9 Å². The van der Waals surface area contributed by atoms with Gasteiger partial charge in [-0.15, -0.1) is 0 Å². The molecule has 2 unspecified atom stereocenters. The van der Waals surface area contributed by atoms with Crippen LogP contribution in [0.5, 0.6) is 0 Å². The van der Waals surface area contributed by atoms with Gasteiger partial charge in [-0.2, -0.15) is 0 Å². The van der Waals surface area contributed by atoms with Crippen LogP contribution in [0.25, 0.3) is 0 Å². The van der Waals surface area contributed by atoms with Crippen molar-refractivity contribution in [1.82, 2.24) is 0 Å². The van der Waals surface area contributed by atoms with Crippen LogP contribution in [-0.2, 0) is 5.67 Å². The monoisotopic (exact) mass is 196 g/mol. The van der Waals surface area contributed by atoms with Crippen LogP contribution >= 0.6 is 0 Å². The lowest BCUT2D eigenvalue weighted by atomic mass is 10.1. The number of rotatable bonds is 2. The van der Waals surface area contributed by atoms with Crippen molar-refractivity contribution in [3.8, 4) is 0 Å². The Kier molecular flexibility index (Phi) is 1.78. The van der Waals surface area contributed by atoms with Crippen molar-refractivity contribution in [3.63, 3.8) is 0 Å². The topological polar surface area (TPSA) is 69.2 Å². The van der Waals surface area contributed by atoms with E-state index in [1.165, 1.54) is 24.3 Å². The summed E-state index contributed by atoms with van der Waals surface area (Å²) in [5.74, 6) is 0. The smallest absolute Gasteiger partial charge is 0.269 e. The summed E-state index contributed by atoms with van der Waals surface area (Å²) in [6.07, 6.45) is 0.244. The molecule has 74 valence electrons. The van der Waals surface area contributed by atoms with Crippen LogP contribution < -0.4 is 5.73 Å². The molecule has 1 aromatic rings. The molecule has 14 heavy (non-hydrogen) atoms. The second-order valence-electron chi connectivity index (χ2n) is 3.48. The fourth-order valence-corrected chi connectivity index (χ4v) is 1.47. The minimum absolute atomic E-state index is 0.0985. The summed E-state index contributed by atoms with van der Waals surface area (Å²) in [5, 5.41) is 10.4. The molecule has 1 aliphatic carbocycles. The first-order valence-corrected chi connectivity index (χ1v) is 4.23. The standard InChI is InChI=1S/C9H9FN2O2/c10-9(5-8(9)11)6-2-1-3-7(4-6)12(13)14/h1-4,8H,5,11H2. The molecule has 2 N–H and O–H groups in total. The SMILES string of the molecule is NC1CC1(F)c1cccc([N+](=O)[O-])c1. The third kappa shape index (κ3) is 1.26. The number of halogens is 1. The minimum Gasteiger partial charge on any atom is -0.325 e. The Morgan fingerprint density at radius 3 is 2.79 bits per heavy atom. The zero-order valence-electron chi connectivity index (χ0n) is 7.31. The molecule has 0 spiro atoms. The average molecular weight is 196 g/mol. The van der Waals surface area contributed by atoms with Crippen LogP contribution in [0.1, 0.15) is 12.0 Å². The van der Waals surface area contributed by atoms with Gasteiger partial charge in [-0.25, -0.2) is 4.39 Å². The number of nitro groups is 1. The Morgan fingerprint density at radius 1 is 1.64 bits per heavy atom. The molecule has 0 saturated heterocycles. The molecule has 0 heterocycles. The molecule has 0 radical (unpaired) electrons. The van der Waals surface area contributed by atoms with Gasteiger partial charge >= 0.3 is 0 Å². The van der Waals surface area contributed by atoms with E-state index in [0.29, 0.717) is 5.56 Å². The second-order valence-corrected chi connectivity index (χ2v) is 3.48. The first-order valence-electron chi connectivity index (χ1n) is 4.23. The molecule has 4 nitrogen and oxygen atoms in total. The molecule has 0 bridgehead atoms. The third-order valence-corrected chi connectivity index (χ3v) is 2.48. The number of alkyl halides is 1. The number of hydrogen-bond acceptors (Lipinski definition) is 3. The summed E-state index contributed by atoms with van der Waals surface area (Å²) in [4.78, 5) is 9.89. The van der Waals surface area contributed by atoms with Crippen LogP contribution in [0.3, 0.4) is 0 Å². The maximum Gasteiger partial charge on any atom is 0.269 e. The van der Waals surface area contributed by atoms with Crippen molar-refractivity contribution in [2.75, 3.05) is 0 Å². The van der Waals surface area contributed by atoms with E-state index in [9.17, 15) is 14.5 Å². The summed E-state index contributed by atoms with van der Waals surface area (Å²) in [5.41, 5.74) is 4.07. The van der Waals surface area contributed by atoms with Gasteiger partial charge in [0.15, 0.2) is 5.67 Å². The Bertz CT molecular complexity index is 396. The Labute approximate surface area is 79.7 Å². The molecule has 0 aliphatic heterocycles. The van der Waals surface area contributed by atoms with Crippen LogP contribution in [0, 0.1) is 10.1 Å². The number of nitrogens with two attached hydrogens (primary N) is 1. The van der Waals surface area contributed by atoms with Gasteiger partial charge in [-0.3, -0.25) is 10.1 Å². The normalized spacial score (nSPS) is 30.0. The number of non-ortho nitro benzene ring substituents is 1. The summed E-state index contributed by atoms with van der Waals surface area (Å²) in [7, 11) is 0. The summed E-state index contributed by atoms with van der Waals surface area (Å²) < 4.78 is 13.7. The molecule has 1 aliphatic rings. The Morgan fingerprint density at radius 2 is 2.29 bits per heavy atom. The van der Waals surface area contributed by atoms with Crippen LogP contribution in [0.2, 0.25) is 0 Å². The zero-order chi connectivity index (χ0) is 10.3. The highest BCUT2D eigenvalue weighted by atomic mass is 19.1. The number of benzene rings is 1. The Hall–Kier alpha value is -1.49. The van der Waals surface area contributed by atoms with Crippen LogP contribution in [0.4, 0.5) is 10.1 Å². The molecule has 2 rings (SSSR count). The summed E-state index contributed by atoms with van der Waals surface area (Å²) in [6.45, 7) is 0. The van der Waals surface area contributed by atoms with Crippen molar-refractivity contribution in [1.29, 1.82) is 0 Å². The molecule has 1 saturated carbocycles. The van der Waals surface area contributed by atoms with Gasteiger partial charge in [-0.1, -0.05) is 12.1 Å². The van der Waals surface area contributed by atoms with Gasteiger partial charge in [-0.05, 0) is 5.56 Å². The maximum absolute atomic E-state index is 13.7. The van der Waals surface area contributed by atoms with Gasteiger partial charge in [0.1, 0.15) is 0 Å². The highest BCUT2D eigenvalue weighted by Crippen LogP contribution is 2.48. The number of nitro benzene ring substituents is 1. The fraction of sp³-hybridized carbons (Fsp3) is 0.333. The van der Waals surface area contributed by atoms with E-state index in [2.05, 4.69) is 0 Å². The predicted molar refractivity (Wildman–Crippen MR) is 48.5 cm³/mol. The molecule has 0 aromatic heterocycles. The predicted octanol–water partition coefficient (Wildman–Crippen LogP) is 1.49. The summed E-state index contributed by atoms with van der Waals surface area (Å²) in [6, 6.07) is 5.05. The van der Waals surface area contributed by atoms with Gasteiger partial charge in [0.2, 0.25) is 0 Å². The zero-order valence-corrected chi connectivity index (χ0v) is 7.31. The minimum atomic E-state index is -1.55. The van der Waals surface area contributed by atoms with Crippen molar-refractivity contribution < 1.29 is 9.31 Å². The lowest BCUT2D eigenvalue weighted by Gasteiger charge is -2.05. The van der Waals surface area contributed by atoms with E-state index in [-0.39, 0.29) is 12.1 Å². The molecule has 1 aromatic carbocycles. The second kappa shape index (κ2) is 2.75. The van der Waals surface area contributed by atoms with E-state index in [4.69, 9.17) is 5.73 Å². The van der Waals surface area contributed by atoms with Gasteiger partial charge in [0, 0.05) is 24.6 Å². The Balaban J connectivity index is 2.37. The first-order chi connectivity index (χ1) is 6.54. The third-order valence-electron chi connectivity index (χ3n) is 2.48. The number of nitrogens with zero attached hydrogens (tertiary/aromatic N) is 1. The highest BCUT2D eigenvalue weighted by Gasteiger charge is 2.54. The van der Waals surface area contributed by atoms with Crippen molar-refractivity contribution in [2.45, 2.75) is 18.1 Å². The largest absolute Gasteiger partial charge is 0.325 e. The molecule has 0 amide bonds. The van der Waals surface area contributed by atoms with Crippen LogP contribution in [0.15, 0.2) is 24.3 Å². The molecular weight excluding hydrogens is 187 g/mol. The average Bonchev–Trinajstić information content (AvgIpc) is 2.76. The van der Waals surface area contributed by atoms with E-state index in [1.54, 1.807) is 0 Å². The van der Waals surface area contributed by atoms with Gasteiger partial charge in [0.25, 0.3) is 5.69 Å². The lowest BCUT2D eigenvalue weighted by Crippen LogP contribution is -2.13. The molecular formula is C9H9FN2O2. The van der Waals surface area contributed by atoms with E-state index in [1.807, 2.05) is 0 Å². The molecule has 2 atom stereocenters. The molecule has 5 heteroatoms. The lowest BCUT2D eigenvalue weighted by molar-refractivity contribution is -0.385. The highest BCUT2D eigenvalue weighted by molar-refractivity contribution is 5.41. The fourth-order valence-electron chi connectivity index (χ4n) is 1.47. The molecule has 1 fully saturated rings. The number of hydrogen-bond donors (Lipinski definition) is 1. The van der Waals surface area contributed by atoms with Crippen molar-refractivity contribution >= 4 is 5.69 Å². The van der Waals surface area contributed by atoms with E-state index < -0.39 is 16.6 Å². The quantitative estimate of drug-likeness (QED) is 0.575. The van der Waals surface area contributed by atoms with Gasteiger partial charge < -0.3 is 5.73 Å². The van der Waals surface area contributed by atoms with Crippen LogP contribution in [-0.4, -0.2) is 11.0 Å². The maximum atomic E-state index is 13.7. The van der Waals surface area contributed by atoms with E-state index >= 15 is 0 Å². The summed E-state index contributed by atoms with van der Waals surface area (Å²) >= 11 is 0. The van der Waals surface area contributed by atoms with Gasteiger partial charge in [0.05, 0.1) is 4.92 Å². The van der Waals surface area contributed by atoms with Crippen molar-refractivity contribution in [2.24, 2.45) is 5.73 Å². The first kappa shape index (κ1) is 9.08. The van der Waals surface area contributed by atoms with E-state index in [0.717, 1.165) is 0 Å².